The molecule has 2 heterocycles. The number of carbonyl (C=O) groups excluding carboxylic acids is 2. The van der Waals surface area contributed by atoms with Gasteiger partial charge in [-0.2, -0.15) is 9.13 Å². The Balaban J connectivity index is 0.785. The van der Waals surface area contributed by atoms with Gasteiger partial charge < -0.3 is 20.4 Å². The number of azo groups is 2. The largest absolute Gasteiger partial charge is 0.377 e. The summed E-state index contributed by atoms with van der Waals surface area (Å²) in [6.45, 7) is 1.43. The summed E-state index contributed by atoms with van der Waals surface area (Å²) in [7, 11) is 11.5. The van der Waals surface area contributed by atoms with Gasteiger partial charge in [0.1, 0.15) is 11.4 Å². The number of pyridine rings is 2. The molecule has 322 valence electrons. The minimum Gasteiger partial charge on any atom is -0.377 e. The summed E-state index contributed by atoms with van der Waals surface area (Å²) in [5, 5.41) is 30.9. The van der Waals surface area contributed by atoms with Gasteiger partial charge in [0, 0.05) is 110 Å². The van der Waals surface area contributed by atoms with Crippen molar-refractivity contribution in [3.63, 3.8) is 0 Å². The highest BCUT2D eigenvalue weighted by atomic mass is 33.1. The Morgan fingerprint density at radius 1 is 0.453 bits per heavy atom. The lowest BCUT2D eigenvalue weighted by molar-refractivity contribution is -0.658. The SMILES string of the molecule is CN(C)c1ccc(/N=N/c2cc[n+](CC(=O)NCCSSCCNC(=O)C[n+]3ccc(/N=N/c4ccc(N(C)C)c5ccccc45)c4ccccc43)c3ccccc23)c2ccccc12. The van der Waals surface area contributed by atoms with Crippen LogP contribution < -0.4 is 29.6 Å². The minimum absolute atomic E-state index is 0.0699. The van der Waals surface area contributed by atoms with Gasteiger partial charge in [0.25, 0.3) is 11.8 Å². The minimum atomic E-state index is -0.0699. The molecule has 0 bridgehead atoms. The van der Waals surface area contributed by atoms with Crippen LogP contribution in [0.25, 0.3) is 43.4 Å². The van der Waals surface area contributed by atoms with E-state index in [1.54, 1.807) is 21.6 Å². The summed E-state index contributed by atoms with van der Waals surface area (Å²) in [4.78, 5) is 30.2. The fourth-order valence-electron chi connectivity index (χ4n) is 7.70. The van der Waals surface area contributed by atoms with E-state index in [4.69, 9.17) is 0 Å². The van der Waals surface area contributed by atoms with Crippen molar-refractivity contribution >= 4 is 111 Å². The lowest BCUT2D eigenvalue weighted by atomic mass is 10.1. The van der Waals surface area contributed by atoms with Gasteiger partial charge in [-0.1, -0.05) is 94.4 Å². The van der Waals surface area contributed by atoms with Gasteiger partial charge in [-0.25, -0.2) is 0 Å². The normalized spacial score (nSPS) is 11.6. The smallest absolute Gasteiger partial charge is 0.286 e. The number of hydrogen-bond donors (Lipinski definition) is 2. The third-order valence-electron chi connectivity index (χ3n) is 10.8. The zero-order valence-electron chi connectivity index (χ0n) is 36.3. The maximum Gasteiger partial charge on any atom is 0.286 e. The molecule has 0 aliphatic carbocycles. The van der Waals surface area contributed by atoms with E-state index in [0.29, 0.717) is 13.1 Å². The van der Waals surface area contributed by atoms with E-state index in [2.05, 4.69) is 77.3 Å². The molecular weight excluding hydrogens is 837 g/mol. The average molecular weight is 887 g/mol. The van der Waals surface area contributed by atoms with Crippen LogP contribution >= 0.6 is 21.6 Å². The summed E-state index contributed by atoms with van der Waals surface area (Å²) in [5.41, 5.74) is 7.10. The van der Waals surface area contributed by atoms with Gasteiger partial charge in [-0.3, -0.25) is 9.59 Å². The number of nitrogens with one attached hydrogen (secondary N) is 2. The Hall–Kier alpha value is -6.90. The molecule has 14 heteroatoms. The number of carbonyl (C=O) groups is 2. The molecule has 0 saturated heterocycles. The molecule has 2 amide bonds. The molecule has 0 aliphatic rings. The molecule has 6 aromatic carbocycles. The van der Waals surface area contributed by atoms with Gasteiger partial charge in [0.2, 0.25) is 24.1 Å². The molecule has 0 atom stereocenters. The molecule has 8 rings (SSSR count). The second-order valence-electron chi connectivity index (χ2n) is 15.5. The quantitative estimate of drug-likeness (QED) is 0.0407. The maximum absolute atomic E-state index is 13.0. The predicted molar refractivity (Wildman–Crippen MR) is 264 cm³/mol. The lowest BCUT2D eigenvalue weighted by Gasteiger charge is -2.16. The van der Waals surface area contributed by atoms with Gasteiger partial charge in [-0.15, -0.1) is 20.5 Å². The summed E-state index contributed by atoms with van der Waals surface area (Å²) >= 11 is 0. The van der Waals surface area contributed by atoms with Crippen molar-refractivity contribution in [3.05, 3.63) is 146 Å². The first-order valence-electron chi connectivity index (χ1n) is 21.1. The second kappa shape index (κ2) is 20.5. The molecule has 8 aromatic rings. The lowest BCUT2D eigenvalue weighted by Crippen LogP contribution is -2.43. The van der Waals surface area contributed by atoms with E-state index >= 15 is 0 Å². The Bertz CT molecular complexity index is 2840. The number of benzene rings is 6. The second-order valence-corrected chi connectivity index (χ2v) is 18.2. The molecule has 0 unspecified atom stereocenters. The number of fused-ring (bicyclic) bond motifs is 4. The molecule has 0 aliphatic heterocycles. The molecule has 0 spiro atoms. The zero-order chi connectivity index (χ0) is 44.4. The fourth-order valence-corrected chi connectivity index (χ4v) is 9.51. The monoisotopic (exact) mass is 886 g/mol. The number of nitrogens with zero attached hydrogens (tertiary/aromatic N) is 8. The highest BCUT2D eigenvalue weighted by Crippen LogP contribution is 2.36. The van der Waals surface area contributed by atoms with Crippen molar-refractivity contribution in [2.45, 2.75) is 13.1 Å². The van der Waals surface area contributed by atoms with Crippen molar-refractivity contribution in [2.24, 2.45) is 20.5 Å². The van der Waals surface area contributed by atoms with E-state index in [1.807, 2.05) is 147 Å². The van der Waals surface area contributed by atoms with Crippen molar-refractivity contribution < 1.29 is 18.7 Å². The van der Waals surface area contributed by atoms with Crippen molar-refractivity contribution in [1.82, 2.24) is 10.6 Å². The molecule has 2 N–H and O–H groups in total. The maximum atomic E-state index is 13.0. The Morgan fingerprint density at radius 3 is 1.19 bits per heavy atom. The predicted octanol–water partition coefficient (Wildman–Crippen LogP) is 10.2. The van der Waals surface area contributed by atoms with Crippen LogP contribution in [0.2, 0.25) is 0 Å². The first kappa shape index (κ1) is 43.7. The van der Waals surface area contributed by atoms with Crippen molar-refractivity contribution in [2.75, 3.05) is 62.6 Å². The number of para-hydroxylation sites is 2. The van der Waals surface area contributed by atoms with Gasteiger partial charge in [-0.05, 0) is 36.4 Å². The van der Waals surface area contributed by atoms with E-state index in [1.165, 1.54) is 0 Å². The summed E-state index contributed by atoms with van der Waals surface area (Å²) in [5.74, 6) is 1.34. The van der Waals surface area contributed by atoms with Gasteiger partial charge in [0.05, 0.1) is 22.1 Å². The van der Waals surface area contributed by atoms with Crippen molar-refractivity contribution in [3.8, 4) is 0 Å². The van der Waals surface area contributed by atoms with Crippen molar-refractivity contribution in [1.29, 1.82) is 0 Å². The number of anilines is 2. The van der Waals surface area contributed by atoms with E-state index in [-0.39, 0.29) is 24.9 Å². The van der Waals surface area contributed by atoms with E-state index in [9.17, 15) is 9.59 Å². The van der Waals surface area contributed by atoms with Crippen LogP contribution in [0.5, 0.6) is 0 Å². The molecule has 0 radical (unpaired) electrons. The topological polar surface area (TPSA) is 122 Å². The first-order chi connectivity index (χ1) is 31.2. The van der Waals surface area contributed by atoms with Gasteiger partial charge in [0.15, 0.2) is 12.4 Å². The standard InChI is InChI=1S/C50H48N10O2S2/c1-57(2)45-23-21-41(35-13-5-7-15-37(35)45)53-55-43-25-29-59(47-19-11-9-17-39(43)47)33-49(61)51-27-31-63-64-32-28-52-50(62)34-60-30-26-44(40-18-10-12-20-48(40)60)56-54-42-22-24-46(58(3)4)38-16-8-6-14-36(38)42/h5-26,29-30H,27-28,31-34H2,1-4H3/p+2. The molecule has 64 heavy (non-hydrogen) atoms. The summed E-state index contributed by atoms with van der Waals surface area (Å²) in [6, 6.07) is 44.2. The first-order valence-corrected chi connectivity index (χ1v) is 23.6. The van der Waals surface area contributed by atoms with Crippen LogP contribution in [0.4, 0.5) is 34.1 Å². The van der Waals surface area contributed by atoms with E-state index < -0.39 is 0 Å². The van der Waals surface area contributed by atoms with Crippen LogP contribution in [-0.4, -0.2) is 64.6 Å². The average Bonchev–Trinajstić information content (AvgIpc) is 3.31. The Kier molecular flexibility index (Phi) is 14.0. The summed E-state index contributed by atoms with van der Waals surface area (Å²) < 4.78 is 3.87. The van der Waals surface area contributed by atoms with Crippen LogP contribution in [0.1, 0.15) is 0 Å². The van der Waals surface area contributed by atoms with Crippen LogP contribution in [0, 0.1) is 0 Å². The molecule has 0 fully saturated rings. The Morgan fingerprint density at radius 2 is 0.797 bits per heavy atom. The highest BCUT2D eigenvalue weighted by Gasteiger charge is 2.18. The molecular formula is C50H50N10O2S2+2. The third kappa shape index (κ3) is 10.1. The summed E-state index contributed by atoms with van der Waals surface area (Å²) in [6.07, 6.45) is 3.78. The molecule has 0 saturated carbocycles. The number of hydrogen-bond acceptors (Lipinski definition) is 10. The number of amides is 2. The number of rotatable bonds is 17. The van der Waals surface area contributed by atoms with Crippen LogP contribution in [-0.2, 0) is 22.7 Å². The zero-order valence-corrected chi connectivity index (χ0v) is 37.9. The third-order valence-corrected chi connectivity index (χ3v) is 13.2. The fraction of sp³-hybridized carbons (Fsp3) is 0.200. The van der Waals surface area contributed by atoms with Gasteiger partial charge >= 0.3 is 0 Å². The Labute approximate surface area is 380 Å². The van der Waals surface area contributed by atoms with Crippen LogP contribution in [0.15, 0.2) is 166 Å². The van der Waals surface area contributed by atoms with E-state index in [0.717, 1.165) is 89.0 Å². The van der Waals surface area contributed by atoms with Crippen LogP contribution in [0.3, 0.4) is 0 Å². The highest BCUT2D eigenvalue weighted by molar-refractivity contribution is 8.76. The molecule has 12 nitrogen and oxygen atoms in total. The molecule has 2 aromatic heterocycles. The number of aromatic nitrogens is 2.